The summed E-state index contributed by atoms with van der Waals surface area (Å²) in [7, 11) is 0. The molecule has 0 bridgehead atoms. The van der Waals surface area contributed by atoms with E-state index in [9.17, 15) is 9.90 Å². The van der Waals surface area contributed by atoms with Gasteiger partial charge < -0.3 is 5.11 Å². The molecule has 1 aliphatic rings. The Morgan fingerprint density at radius 3 is 2.44 bits per heavy atom. The first-order valence-electron chi connectivity index (χ1n) is 5.99. The van der Waals surface area contributed by atoms with Gasteiger partial charge in [-0.05, 0) is 42.4 Å². The van der Waals surface area contributed by atoms with Gasteiger partial charge in [-0.25, -0.2) is 0 Å². The highest BCUT2D eigenvalue weighted by Crippen LogP contribution is 2.49. The van der Waals surface area contributed by atoms with Crippen molar-refractivity contribution in [3.05, 3.63) is 34.9 Å². The molecule has 0 spiro atoms. The number of carboxylic acid groups (broad SMARTS) is 1. The lowest BCUT2D eigenvalue weighted by Gasteiger charge is -2.16. The van der Waals surface area contributed by atoms with Gasteiger partial charge in [0.05, 0.1) is 5.41 Å². The van der Waals surface area contributed by atoms with Crippen LogP contribution in [0.1, 0.15) is 43.4 Å². The second-order valence-electron chi connectivity index (χ2n) is 4.59. The molecule has 0 aromatic heterocycles. The first-order valence-corrected chi connectivity index (χ1v) is 5.99. The van der Waals surface area contributed by atoms with Crippen LogP contribution in [0.5, 0.6) is 0 Å². The highest BCUT2D eigenvalue weighted by molar-refractivity contribution is 5.85. The maximum Gasteiger partial charge on any atom is 0.314 e. The minimum absolute atomic E-state index is 0.559. The Hall–Kier alpha value is -1.31. The Morgan fingerprint density at radius 2 is 2.00 bits per heavy atom. The summed E-state index contributed by atoms with van der Waals surface area (Å²) in [6.45, 7) is 4.19. The van der Waals surface area contributed by atoms with Crippen LogP contribution in [-0.2, 0) is 23.1 Å². The average molecular weight is 218 g/mol. The van der Waals surface area contributed by atoms with E-state index in [1.54, 1.807) is 0 Å². The summed E-state index contributed by atoms with van der Waals surface area (Å²) in [5.74, 6) is -0.657. The summed E-state index contributed by atoms with van der Waals surface area (Å²) in [4.78, 5) is 11.4. The van der Waals surface area contributed by atoms with Crippen molar-refractivity contribution in [1.29, 1.82) is 0 Å². The molecule has 1 aliphatic carbocycles. The number of hydrogen-bond acceptors (Lipinski definition) is 1. The van der Waals surface area contributed by atoms with Gasteiger partial charge in [-0.1, -0.05) is 32.0 Å². The Balaban J connectivity index is 2.49. The van der Waals surface area contributed by atoms with Gasteiger partial charge in [0.25, 0.3) is 0 Å². The predicted octanol–water partition coefficient (Wildman–Crippen LogP) is 2.93. The van der Waals surface area contributed by atoms with Crippen LogP contribution in [0.15, 0.2) is 18.2 Å². The maximum atomic E-state index is 11.4. The minimum Gasteiger partial charge on any atom is -0.481 e. The summed E-state index contributed by atoms with van der Waals surface area (Å²) < 4.78 is 0. The first-order chi connectivity index (χ1) is 7.64. The van der Waals surface area contributed by atoms with E-state index in [1.165, 1.54) is 11.1 Å². The molecule has 1 aromatic carbocycles. The third-order valence-corrected chi connectivity index (χ3v) is 3.64. The van der Waals surface area contributed by atoms with E-state index >= 15 is 0 Å². The van der Waals surface area contributed by atoms with Crippen LogP contribution in [-0.4, -0.2) is 11.1 Å². The first kappa shape index (κ1) is 11.2. The summed E-state index contributed by atoms with van der Waals surface area (Å²) >= 11 is 0. The third kappa shape index (κ3) is 1.62. The molecule has 1 N–H and O–H groups in total. The SMILES string of the molecule is CCc1ccc(CC)c(C2(C(=O)O)CC2)c1. The number of aliphatic carboxylic acids is 1. The molecule has 1 aromatic rings. The second-order valence-corrected chi connectivity index (χ2v) is 4.59. The van der Waals surface area contributed by atoms with E-state index in [2.05, 4.69) is 32.0 Å². The van der Waals surface area contributed by atoms with Gasteiger partial charge in [-0.15, -0.1) is 0 Å². The monoisotopic (exact) mass is 218 g/mol. The van der Waals surface area contributed by atoms with Gasteiger partial charge in [0.2, 0.25) is 0 Å². The molecule has 0 unspecified atom stereocenters. The number of carbonyl (C=O) groups is 1. The zero-order valence-corrected chi connectivity index (χ0v) is 9.92. The predicted molar refractivity (Wildman–Crippen MR) is 63.7 cm³/mol. The molecule has 0 atom stereocenters. The topological polar surface area (TPSA) is 37.3 Å². The fourth-order valence-electron chi connectivity index (χ4n) is 2.32. The fraction of sp³-hybridized carbons (Fsp3) is 0.500. The van der Waals surface area contributed by atoms with Crippen molar-refractivity contribution in [2.24, 2.45) is 0 Å². The van der Waals surface area contributed by atoms with Crippen molar-refractivity contribution in [3.63, 3.8) is 0 Å². The van der Waals surface area contributed by atoms with Crippen molar-refractivity contribution >= 4 is 5.97 Å². The van der Waals surface area contributed by atoms with Crippen molar-refractivity contribution in [1.82, 2.24) is 0 Å². The van der Waals surface area contributed by atoms with E-state index in [1.807, 2.05) is 0 Å². The van der Waals surface area contributed by atoms with Crippen molar-refractivity contribution < 1.29 is 9.90 Å². The molecular formula is C14H18O2. The molecule has 86 valence electrons. The van der Waals surface area contributed by atoms with E-state index in [0.29, 0.717) is 0 Å². The van der Waals surface area contributed by atoms with E-state index in [0.717, 1.165) is 31.2 Å². The third-order valence-electron chi connectivity index (χ3n) is 3.64. The Labute approximate surface area is 96.3 Å². The number of carboxylic acids is 1. The average Bonchev–Trinajstić information content (AvgIpc) is 3.09. The number of rotatable bonds is 4. The summed E-state index contributed by atoms with van der Waals surface area (Å²) in [5, 5.41) is 9.34. The molecule has 1 fully saturated rings. The minimum atomic E-state index is -0.657. The zero-order valence-electron chi connectivity index (χ0n) is 9.92. The normalized spacial score (nSPS) is 17.1. The van der Waals surface area contributed by atoms with Crippen LogP contribution in [0.4, 0.5) is 0 Å². The lowest BCUT2D eigenvalue weighted by Crippen LogP contribution is -2.21. The maximum absolute atomic E-state index is 11.4. The molecule has 2 nitrogen and oxygen atoms in total. The van der Waals surface area contributed by atoms with Crippen LogP contribution in [0.3, 0.4) is 0 Å². The molecule has 0 radical (unpaired) electrons. The summed E-state index contributed by atoms with van der Waals surface area (Å²) in [6.07, 6.45) is 3.46. The number of aryl methyl sites for hydroxylation is 2. The highest BCUT2D eigenvalue weighted by atomic mass is 16.4. The van der Waals surface area contributed by atoms with Gasteiger partial charge in [0.1, 0.15) is 0 Å². The summed E-state index contributed by atoms with van der Waals surface area (Å²) in [6, 6.07) is 6.30. The van der Waals surface area contributed by atoms with E-state index < -0.39 is 11.4 Å². The van der Waals surface area contributed by atoms with Crippen LogP contribution < -0.4 is 0 Å². The van der Waals surface area contributed by atoms with Gasteiger partial charge in [-0.2, -0.15) is 0 Å². The van der Waals surface area contributed by atoms with Crippen molar-refractivity contribution in [3.8, 4) is 0 Å². The van der Waals surface area contributed by atoms with Crippen molar-refractivity contribution in [2.75, 3.05) is 0 Å². The van der Waals surface area contributed by atoms with Crippen LogP contribution in [0, 0.1) is 0 Å². The smallest absolute Gasteiger partial charge is 0.314 e. The molecule has 0 aliphatic heterocycles. The molecule has 0 heterocycles. The van der Waals surface area contributed by atoms with Gasteiger partial charge in [0, 0.05) is 0 Å². The van der Waals surface area contributed by atoms with Crippen molar-refractivity contribution in [2.45, 2.75) is 44.9 Å². The van der Waals surface area contributed by atoms with Crippen LogP contribution in [0.25, 0.3) is 0 Å². The molecule has 2 heteroatoms. The van der Waals surface area contributed by atoms with Gasteiger partial charge in [0.15, 0.2) is 0 Å². The van der Waals surface area contributed by atoms with E-state index in [-0.39, 0.29) is 0 Å². The zero-order chi connectivity index (χ0) is 11.8. The molecular weight excluding hydrogens is 200 g/mol. The number of hydrogen-bond donors (Lipinski definition) is 1. The molecule has 2 rings (SSSR count). The highest BCUT2D eigenvalue weighted by Gasteiger charge is 2.52. The lowest BCUT2D eigenvalue weighted by molar-refractivity contribution is -0.140. The molecule has 0 saturated heterocycles. The quantitative estimate of drug-likeness (QED) is 0.843. The fourth-order valence-corrected chi connectivity index (χ4v) is 2.32. The van der Waals surface area contributed by atoms with E-state index in [4.69, 9.17) is 0 Å². The largest absolute Gasteiger partial charge is 0.481 e. The molecule has 0 amide bonds. The standard InChI is InChI=1S/C14H18O2/c1-3-10-5-6-11(4-2)12(9-10)14(7-8-14)13(15)16/h5-6,9H,3-4,7-8H2,1-2H3,(H,15,16). The number of benzene rings is 1. The molecule has 1 saturated carbocycles. The van der Waals surface area contributed by atoms with Crippen LogP contribution in [0.2, 0.25) is 0 Å². The summed E-state index contributed by atoms with van der Waals surface area (Å²) in [5.41, 5.74) is 2.93. The molecule has 16 heavy (non-hydrogen) atoms. The second kappa shape index (κ2) is 3.93. The van der Waals surface area contributed by atoms with Gasteiger partial charge in [-0.3, -0.25) is 4.79 Å². The Morgan fingerprint density at radius 1 is 1.31 bits per heavy atom. The Kier molecular flexibility index (Phi) is 2.75. The van der Waals surface area contributed by atoms with Gasteiger partial charge >= 0.3 is 5.97 Å². The van der Waals surface area contributed by atoms with Crippen LogP contribution >= 0.6 is 0 Å². The Bertz CT molecular complexity index is 417. The lowest BCUT2D eigenvalue weighted by atomic mass is 9.88.